The van der Waals surface area contributed by atoms with E-state index >= 15 is 0 Å². The molecule has 96 valence electrons. The Labute approximate surface area is 112 Å². The molecule has 1 N–H and O–H groups in total. The van der Waals surface area contributed by atoms with E-state index < -0.39 is 0 Å². The van der Waals surface area contributed by atoms with Crippen LogP contribution in [0.1, 0.15) is 25.8 Å². The maximum absolute atomic E-state index is 11.4. The number of nitriles is 1. The first-order valence-electron chi connectivity index (χ1n) is 5.64. The van der Waals surface area contributed by atoms with Gasteiger partial charge in [0, 0.05) is 6.04 Å². The number of halogens is 1. The summed E-state index contributed by atoms with van der Waals surface area (Å²) in [5.41, 5.74) is 0.477. The molecule has 0 saturated carbocycles. The van der Waals surface area contributed by atoms with Crippen LogP contribution in [0.25, 0.3) is 0 Å². The summed E-state index contributed by atoms with van der Waals surface area (Å²) in [5.74, 6) is 0.419. The highest BCUT2D eigenvalue weighted by atomic mass is 35.5. The fourth-order valence-electron chi connectivity index (χ4n) is 1.34. The average Bonchev–Trinajstić information content (AvgIpc) is 2.30. The van der Waals surface area contributed by atoms with Gasteiger partial charge >= 0.3 is 0 Å². The third-order valence-corrected chi connectivity index (χ3v) is 2.39. The zero-order chi connectivity index (χ0) is 13.5. The third-order valence-electron chi connectivity index (χ3n) is 2.10. The van der Waals surface area contributed by atoms with Crippen molar-refractivity contribution in [2.75, 3.05) is 6.61 Å². The SMILES string of the molecule is CC(C)NC(=O)CCOc1ccc(C#N)cc1Cl. The average molecular weight is 267 g/mol. The number of nitrogens with zero attached hydrogens (tertiary/aromatic N) is 1. The Morgan fingerprint density at radius 3 is 2.83 bits per heavy atom. The van der Waals surface area contributed by atoms with Crippen molar-refractivity contribution < 1.29 is 9.53 Å². The van der Waals surface area contributed by atoms with Crippen LogP contribution < -0.4 is 10.1 Å². The van der Waals surface area contributed by atoms with Crippen LogP contribution in [0.2, 0.25) is 5.02 Å². The lowest BCUT2D eigenvalue weighted by Gasteiger charge is -2.10. The zero-order valence-electron chi connectivity index (χ0n) is 10.4. The number of carbonyl (C=O) groups excluding carboxylic acids is 1. The molecule has 5 heteroatoms. The highest BCUT2D eigenvalue weighted by Crippen LogP contribution is 2.25. The zero-order valence-corrected chi connectivity index (χ0v) is 11.1. The highest BCUT2D eigenvalue weighted by molar-refractivity contribution is 6.32. The van der Waals surface area contributed by atoms with Gasteiger partial charge in [0.25, 0.3) is 0 Å². The van der Waals surface area contributed by atoms with Crippen LogP contribution in [0, 0.1) is 11.3 Å². The highest BCUT2D eigenvalue weighted by Gasteiger charge is 2.06. The minimum absolute atomic E-state index is 0.0604. The smallest absolute Gasteiger partial charge is 0.223 e. The molecule has 0 fully saturated rings. The van der Waals surface area contributed by atoms with Crippen molar-refractivity contribution in [2.24, 2.45) is 0 Å². The van der Waals surface area contributed by atoms with Gasteiger partial charge in [-0.1, -0.05) is 11.6 Å². The Bertz CT molecular complexity index is 467. The van der Waals surface area contributed by atoms with E-state index in [2.05, 4.69) is 5.32 Å². The molecule has 0 bridgehead atoms. The Balaban J connectivity index is 2.45. The molecule has 0 saturated heterocycles. The molecular weight excluding hydrogens is 252 g/mol. The van der Waals surface area contributed by atoms with Crippen LogP contribution in [0.4, 0.5) is 0 Å². The van der Waals surface area contributed by atoms with E-state index in [-0.39, 0.29) is 25.0 Å². The minimum atomic E-state index is -0.0604. The fourth-order valence-corrected chi connectivity index (χ4v) is 1.57. The molecular formula is C13H15ClN2O2. The molecule has 1 aromatic rings. The Hall–Kier alpha value is -1.73. The quantitative estimate of drug-likeness (QED) is 0.891. The van der Waals surface area contributed by atoms with E-state index in [0.29, 0.717) is 16.3 Å². The predicted molar refractivity (Wildman–Crippen MR) is 69.6 cm³/mol. The monoisotopic (exact) mass is 266 g/mol. The lowest BCUT2D eigenvalue weighted by atomic mass is 10.2. The van der Waals surface area contributed by atoms with Crippen molar-refractivity contribution in [1.29, 1.82) is 5.26 Å². The number of ether oxygens (including phenoxy) is 1. The molecule has 1 aromatic carbocycles. The standard InChI is InChI=1S/C13H15ClN2O2/c1-9(2)16-13(17)5-6-18-12-4-3-10(8-15)7-11(12)14/h3-4,7,9H,5-6H2,1-2H3,(H,16,17). The molecule has 0 heterocycles. The summed E-state index contributed by atoms with van der Waals surface area (Å²) in [6.45, 7) is 4.05. The van der Waals surface area contributed by atoms with Crippen molar-refractivity contribution in [2.45, 2.75) is 26.3 Å². The van der Waals surface area contributed by atoms with Gasteiger partial charge in [-0.3, -0.25) is 4.79 Å². The first-order valence-corrected chi connectivity index (χ1v) is 6.02. The molecule has 1 amide bonds. The van der Waals surface area contributed by atoms with E-state index in [1.54, 1.807) is 12.1 Å². The van der Waals surface area contributed by atoms with E-state index in [0.717, 1.165) is 0 Å². The van der Waals surface area contributed by atoms with Gasteiger partial charge in [-0.05, 0) is 32.0 Å². The molecule has 0 spiro atoms. The largest absolute Gasteiger partial charge is 0.491 e. The second kappa shape index (κ2) is 6.87. The number of nitrogens with one attached hydrogen (secondary N) is 1. The normalized spacial score (nSPS) is 9.94. The summed E-state index contributed by atoms with van der Waals surface area (Å²) < 4.78 is 5.39. The van der Waals surface area contributed by atoms with E-state index in [1.165, 1.54) is 6.07 Å². The lowest BCUT2D eigenvalue weighted by Crippen LogP contribution is -2.31. The summed E-state index contributed by atoms with van der Waals surface area (Å²) in [7, 11) is 0. The maximum Gasteiger partial charge on any atom is 0.223 e. The van der Waals surface area contributed by atoms with Gasteiger partial charge in [-0.15, -0.1) is 0 Å². The van der Waals surface area contributed by atoms with Crippen LogP contribution in [-0.2, 0) is 4.79 Å². The Kier molecular flexibility index (Phi) is 5.47. The molecule has 0 aromatic heterocycles. The van der Waals surface area contributed by atoms with Crippen LogP contribution in [-0.4, -0.2) is 18.6 Å². The lowest BCUT2D eigenvalue weighted by molar-refractivity contribution is -0.122. The molecule has 0 radical (unpaired) electrons. The summed E-state index contributed by atoms with van der Waals surface area (Å²) in [6.07, 6.45) is 0.272. The number of rotatable bonds is 5. The Morgan fingerprint density at radius 2 is 2.28 bits per heavy atom. The molecule has 0 aliphatic rings. The summed E-state index contributed by atoms with van der Waals surface area (Å²) >= 11 is 5.93. The number of hydrogen-bond acceptors (Lipinski definition) is 3. The van der Waals surface area contributed by atoms with E-state index in [9.17, 15) is 4.79 Å². The second-order valence-electron chi connectivity index (χ2n) is 4.08. The Morgan fingerprint density at radius 1 is 1.56 bits per heavy atom. The van der Waals surface area contributed by atoms with Gasteiger partial charge < -0.3 is 10.1 Å². The number of amides is 1. The number of hydrogen-bond donors (Lipinski definition) is 1. The molecule has 0 aliphatic heterocycles. The molecule has 1 rings (SSSR count). The molecule has 18 heavy (non-hydrogen) atoms. The van der Waals surface area contributed by atoms with Crippen molar-refractivity contribution in [1.82, 2.24) is 5.32 Å². The number of benzene rings is 1. The fraction of sp³-hybridized carbons (Fsp3) is 0.385. The summed E-state index contributed by atoms with van der Waals surface area (Å²) in [5, 5.41) is 11.8. The first-order chi connectivity index (χ1) is 8.52. The van der Waals surface area contributed by atoms with Crippen molar-refractivity contribution >= 4 is 17.5 Å². The first kappa shape index (κ1) is 14.3. The van der Waals surface area contributed by atoms with Gasteiger partial charge in [0.15, 0.2) is 0 Å². The van der Waals surface area contributed by atoms with Crippen molar-refractivity contribution in [3.8, 4) is 11.8 Å². The van der Waals surface area contributed by atoms with Crippen molar-refractivity contribution in [3.05, 3.63) is 28.8 Å². The molecule has 4 nitrogen and oxygen atoms in total. The van der Waals surface area contributed by atoms with Crippen LogP contribution in [0.5, 0.6) is 5.75 Å². The van der Waals surface area contributed by atoms with Crippen LogP contribution in [0.3, 0.4) is 0 Å². The van der Waals surface area contributed by atoms with Gasteiger partial charge in [0.05, 0.1) is 29.7 Å². The second-order valence-corrected chi connectivity index (χ2v) is 4.48. The molecule has 0 unspecified atom stereocenters. The molecule has 0 aliphatic carbocycles. The van der Waals surface area contributed by atoms with Gasteiger partial charge in [0.2, 0.25) is 5.91 Å². The van der Waals surface area contributed by atoms with Gasteiger partial charge in [0.1, 0.15) is 5.75 Å². The minimum Gasteiger partial charge on any atom is -0.491 e. The maximum atomic E-state index is 11.4. The number of carbonyl (C=O) groups is 1. The summed E-state index contributed by atoms with van der Waals surface area (Å²) in [4.78, 5) is 11.4. The predicted octanol–water partition coefficient (Wildman–Crippen LogP) is 2.51. The summed E-state index contributed by atoms with van der Waals surface area (Å²) in [6, 6.07) is 6.89. The topological polar surface area (TPSA) is 62.1 Å². The van der Waals surface area contributed by atoms with Crippen molar-refractivity contribution in [3.63, 3.8) is 0 Å². The van der Waals surface area contributed by atoms with Gasteiger partial charge in [-0.2, -0.15) is 5.26 Å². The van der Waals surface area contributed by atoms with Crippen LogP contribution in [0.15, 0.2) is 18.2 Å². The van der Waals surface area contributed by atoms with Crippen LogP contribution >= 0.6 is 11.6 Å². The van der Waals surface area contributed by atoms with Gasteiger partial charge in [-0.25, -0.2) is 0 Å². The van der Waals surface area contributed by atoms with E-state index in [4.69, 9.17) is 21.6 Å². The molecule has 0 atom stereocenters. The third kappa shape index (κ3) is 4.64. The van der Waals surface area contributed by atoms with E-state index in [1.807, 2.05) is 19.9 Å².